The van der Waals surface area contributed by atoms with E-state index in [1.54, 1.807) is 0 Å². The summed E-state index contributed by atoms with van der Waals surface area (Å²) in [6.07, 6.45) is 18.6. The largest absolute Gasteiger partial charge is 0.519 e. The minimum atomic E-state index is -0.717. The molecule has 0 spiro atoms. The van der Waals surface area contributed by atoms with Crippen molar-refractivity contribution in [3.05, 3.63) is 12.4 Å². The van der Waals surface area contributed by atoms with Gasteiger partial charge in [-0.05, 0) is 12.8 Å². The molecule has 0 aromatic rings. The first-order chi connectivity index (χ1) is 11.6. The number of hydrogen-bond acceptors (Lipinski definition) is 2. The number of rotatable bonds is 14. The van der Waals surface area contributed by atoms with E-state index in [0.29, 0.717) is 13.2 Å². The summed E-state index contributed by atoms with van der Waals surface area (Å²) in [5.41, 5.74) is 0. The maximum Gasteiger partial charge on any atom is 0.519 e. The highest BCUT2D eigenvalue weighted by molar-refractivity contribution is 5.57. The summed E-state index contributed by atoms with van der Waals surface area (Å²) in [5.74, 6) is 0. The van der Waals surface area contributed by atoms with Gasteiger partial charge in [0.15, 0.2) is 6.67 Å². The number of carbonyl (C=O) groups is 1. The molecule has 1 heterocycles. The summed E-state index contributed by atoms with van der Waals surface area (Å²) in [6, 6.07) is 0. The van der Waals surface area contributed by atoms with Crippen LogP contribution in [-0.4, -0.2) is 40.3 Å². The summed E-state index contributed by atoms with van der Waals surface area (Å²) in [5, 5.41) is 9.55. The van der Waals surface area contributed by atoms with Crippen LogP contribution in [0.1, 0.15) is 90.9 Å². The molecule has 0 radical (unpaired) electrons. The van der Waals surface area contributed by atoms with E-state index in [9.17, 15) is 9.90 Å². The zero-order valence-electron chi connectivity index (χ0n) is 16.0. The molecule has 1 N–H and O–H groups in total. The van der Waals surface area contributed by atoms with E-state index in [1.165, 1.54) is 64.2 Å². The van der Waals surface area contributed by atoms with Gasteiger partial charge in [-0.15, -0.1) is 0 Å². The van der Waals surface area contributed by atoms with Crippen molar-refractivity contribution in [3.63, 3.8) is 0 Å². The van der Waals surface area contributed by atoms with Crippen molar-refractivity contribution in [1.29, 1.82) is 0 Å². The van der Waals surface area contributed by atoms with Gasteiger partial charge in [0, 0.05) is 6.54 Å². The van der Waals surface area contributed by atoms with Crippen molar-refractivity contribution in [2.45, 2.75) is 90.9 Å². The van der Waals surface area contributed by atoms with Crippen LogP contribution in [0.25, 0.3) is 0 Å². The summed E-state index contributed by atoms with van der Waals surface area (Å²) < 4.78 is 0.0889. The van der Waals surface area contributed by atoms with E-state index in [4.69, 9.17) is 0 Å². The highest BCUT2D eigenvalue weighted by Gasteiger charge is 2.39. The Morgan fingerprint density at radius 1 is 0.917 bits per heavy atom. The lowest BCUT2D eigenvalue weighted by Crippen LogP contribution is -2.49. The van der Waals surface area contributed by atoms with Gasteiger partial charge in [0.2, 0.25) is 0 Å². The first kappa shape index (κ1) is 21.0. The molecule has 0 aromatic heterocycles. The molecule has 1 rings (SSSR count). The van der Waals surface area contributed by atoms with Crippen molar-refractivity contribution < 1.29 is 14.4 Å². The van der Waals surface area contributed by atoms with Crippen molar-refractivity contribution >= 4 is 6.09 Å². The van der Waals surface area contributed by atoms with Gasteiger partial charge in [-0.25, -0.2) is 0 Å². The fourth-order valence-electron chi connectivity index (χ4n) is 3.39. The van der Waals surface area contributed by atoms with E-state index in [1.807, 2.05) is 12.4 Å². The van der Waals surface area contributed by atoms with Crippen LogP contribution in [0.3, 0.4) is 0 Å². The predicted octanol–water partition coefficient (Wildman–Crippen LogP) is 5.95. The maximum absolute atomic E-state index is 11.6. The maximum atomic E-state index is 11.6. The van der Waals surface area contributed by atoms with Crippen molar-refractivity contribution in [2.24, 2.45) is 0 Å². The molecule has 1 unspecified atom stereocenters. The minimum Gasteiger partial charge on any atom is -0.435 e. The van der Waals surface area contributed by atoms with Crippen LogP contribution in [0.2, 0.25) is 0 Å². The summed E-state index contributed by atoms with van der Waals surface area (Å²) >= 11 is 0. The van der Waals surface area contributed by atoms with Crippen LogP contribution in [0, 0.1) is 0 Å². The Bertz CT molecular complexity index is 371. The van der Waals surface area contributed by atoms with E-state index < -0.39 is 6.09 Å². The normalized spacial score (nSPS) is 20.0. The van der Waals surface area contributed by atoms with E-state index in [-0.39, 0.29) is 4.48 Å². The quantitative estimate of drug-likeness (QED) is 0.314. The Labute approximate surface area is 149 Å². The molecule has 0 aliphatic carbocycles. The summed E-state index contributed by atoms with van der Waals surface area (Å²) in [6.45, 7) is 6.68. The smallest absolute Gasteiger partial charge is 0.435 e. The van der Waals surface area contributed by atoms with Gasteiger partial charge in [0.25, 0.3) is 0 Å². The molecule has 140 valence electrons. The lowest BCUT2D eigenvalue weighted by Gasteiger charge is -2.27. The van der Waals surface area contributed by atoms with Crippen LogP contribution < -0.4 is 0 Å². The molecule has 0 saturated heterocycles. The fourth-order valence-corrected chi connectivity index (χ4v) is 3.39. The molecule has 4 heteroatoms. The topological polar surface area (TPSA) is 40.5 Å². The van der Waals surface area contributed by atoms with Crippen molar-refractivity contribution in [3.8, 4) is 0 Å². The third-order valence-electron chi connectivity index (χ3n) is 5.09. The molecule has 0 saturated carbocycles. The van der Waals surface area contributed by atoms with E-state index >= 15 is 0 Å². The van der Waals surface area contributed by atoms with Gasteiger partial charge in [0.1, 0.15) is 6.20 Å². The molecule has 1 aliphatic rings. The number of amides is 1. The number of hydrogen-bond donors (Lipinski definition) is 1. The second kappa shape index (κ2) is 12.3. The van der Waals surface area contributed by atoms with E-state index in [0.717, 1.165) is 19.4 Å². The van der Waals surface area contributed by atoms with Crippen LogP contribution in [0.4, 0.5) is 4.79 Å². The van der Waals surface area contributed by atoms with Gasteiger partial charge in [-0.2, -0.15) is 9.28 Å². The van der Waals surface area contributed by atoms with Gasteiger partial charge in [-0.1, -0.05) is 78.1 Å². The second-order valence-electron chi connectivity index (χ2n) is 7.33. The van der Waals surface area contributed by atoms with Crippen LogP contribution >= 0.6 is 0 Å². The number of quaternary nitrogens is 1. The Morgan fingerprint density at radius 2 is 1.46 bits per heavy atom. The SMILES string of the molecule is CCCCCCCCCCCCN1C=C[N+](CCCC)(C(=O)O)C1. The van der Waals surface area contributed by atoms with Crippen LogP contribution in [0.5, 0.6) is 0 Å². The first-order valence-electron chi connectivity index (χ1n) is 10.2. The molecule has 1 atom stereocenters. The number of unbranched alkanes of at least 4 members (excludes halogenated alkanes) is 10. The Balaban J connectivity index is 2.06. The molecule has 4 nitrogen and oxygen atoms in total. The molecule has 0 fully saturated rings. The first-order valence-corrected chi connectivity index (χ1v) is 10.2. The van der Waals surface area contributed by atoms with E-state index in [2.05, 4.69) is 18.7 Å². The lowest BCUT2D eigenvalue weighted by atomic mass is 10.1. The van der Waals surface area contributed by atoms with Crippen molar-refractivity contribution in [2.75, 3.05) is 19.8 Å². The highest BCUT2D eigenvalue weighted by Crippen LogP contribution is 2.21. The Morgan fingerprint density at radius 3 is 2.00 bits per heavy atom. The van der Waals surface area contributed by atoms with Crippen LogP contribution in [-0.2, 0) is 0 Å². The average Bonchev–Trinajstić information content (AvgIpc) is 2.99. The number of nitrogens with zero attached hydrogens (tertiary/aromatic N) is 2. The molecular weight excluding hydrogens is 300 g/mol. The third-order valence-corrected chi connectivity index (χ3v) is 5.09. The fraction of sp³-hybridized carbons (Fsp3) is 0.850. The van der Waals surface area contributed by atoms with Gasteiger partial charge in [-0.3, -0.25) is 0 Å². The Hall–Kier alpha value is -1.03. The van der Waals surface area contributed by atoms with Gasteiger partial charge >= 0.3 is 6.09 Å². The van der Waals surface area contributed by atoms with Gasteiger partial charge in [0.05, 0.1) is 12.7 Å². The van der Waals surface area contributed by atoms with Crippen LogP contribution in [0.15, 0.2) is 12.4 Å². The molecule has 0 bridgehead atoms. The average molecular weight is 340 g/mol. The minimum absolute atomic E-state index is 0.0889. The molecule has 1 amide bonds. The predicted molar refractivity (Wildman–Crippen MR) is 101 cm³/mol. The molecule has 0 aromatic carbocycles. The lowest BCUT2D eigenvalue weighted by molar-refractivity contribution is -0.808. The second-order valence-corrected chi connectivity index (χ2v) is 7.33. The summed E-state index contributed by atoms with van der Waals surface area (Å²) in [4.78, 5) is 13.8. The third kappa shape index (κ3) is 7.69. The molecule has 1 aliphatic heterocycles. The van der Waals surface area contributed by atoms with Gasteiger partial charge < -0.3 is 10.0 Å². The standard InChI is InChI=1S/C20H38N2O2/c1-3-5-7-8-9-10-11-12-13-14-15-21-16-18-22(19-21,20(23)24)17-6-4-2/h16,18H,3-15,17,19H2,1-2H3/p+1. The monoisotopic (exact) mass is 339 g/mol. The zero-order valence-corrected chi connectivity index (χ0v) is 16.0. The Kier molecular flexibility index (Phi) is 10.8. The molecular formula is C20H39N2O2+. The number of carboxylic acid groups (broad SMARTS) is 1. The summed E-state index contributed by atoms with van der Waals surface area (Å²) in [7, 11) is 0. The highest BCUT2D eigenvalue weighted by atomic mass is 16.4. The molecule has 24 heavy (non-hydrogen) atoms. The zero-order chi connectivity index (χ0) is 17.7. The van der Waals surface area contributed by atoms with Crippen molar-refractivity contribution in [1.82, 2.24) is 4.90 Å².